The van der Waals surface area contributed by atoms with Gasteiger partial charge in [0.2, 0.25) is 0 Å². The Labute approximate surface area is 149 Å². The van der Waals surface area contributed by atoms with Crippen molar-refractivity contribution in [3.05, 3.63) is 37.4 Å². The van der Waals surface area contributed by atoms with Crippen molar-refractivity contribution < 1.29 is 19.1 Å². The molecule has 0 spiro atoms. The first-order chi connectivity index (χ1) is 10.1. The second-order valence-electron chi connectivity index (χ2n) is 5.04. The zero-order valence-corrected chi connectivity index (χ0v) is 15.8. The summed E-state index contributed by atoms with van der Waals surface area (Å²) in [5, 5.41) is 3.42. The van der Waals surface area contributed by atoms with Gasteiger partial charge >= 0.3 is 11.9 Å². The molecule has 0 bridgehead atoms. The van der Waals surface area contributed by atoms with E-state index in [1.807, 2.05) is 0 Å². The summed E-state index contributed by atoms with van der Waals surface area (Å²) in [6, 6.07) is 1.76. The van der Waals surface area contributed by atoms with Gasteiger partial charge < -0.3 is 14.8 Å². The van der Waals surface area contributed by atoms with Crippen molar-refractivity contribution in [2.45, 2.75) is 26.6 Å². The van der Waals surface area contributed by atoms with Crippen LogP contribution in [0.3, 0.4) is 0 Å². The van der Waals surface area contributed by atoms with E-state index in [4.69, 9.17) is 21.1 Å². The highest BCUT2D eigenvalue weighted by Gasteiger charge is 2.39. The van der Waals surface area contributed by atoms with E-state index in [1.165, 1.54) is 20.0 Å². The summed E-state index contributed by atoms with van der Waals surface area (Å²) < 4.78 is 11.5. The Morgan fingerprint density at radius 1 is 1.18 bits per heavy atom. The van der Waals surface area contributed by atoms with Crippen molar-refractivity contribution in [2.24, 2.45) is 0 Å². The van der Waals surface area contributed by atoms with E-state index in [1.54, 1.807) is 13.0 Å². The van der Waals surface area contributed by atoms with Crippen molar-refractivity contribution in [1.82, 2.24) is 0 Å². The van der Waals surface area contributed by atoms with E-state index < -0.39 is 17.7 Å². The molecule has 0 aromatic heterocycles. The van der Waals surface area contributed by atoms with Crippen LogP contribution in [0.1, 0.15) is 19.4 Å². The number of hydrogen-bond donors (Lipinski definition) is 1. The topological polar surface area (TPSA) is 64.6 Å². The Balaban J connectivity index is 2.32. The molecule has 0 saturated carbocycles. The molecule has 0 aliphatic carbocycles. The molecule has 8 heteroatoms. The van der Waals surface area contributed by atoms with Crippen molar-refractivity contribution in [2.75, 3.05) is 5.32 Å². The van der Waals surface area contributed by atoms with Gasteiger partial charge in [0.05, 0.1) is 10.7 Å². The largest absolute Gasteiger partial charge is 0.419 e. The van der Waals surface area contributed by atoms with Crippen LogP contribution in [0.4, 0.5) is 5.69 Å². The predicted molar refractivity (Wildman–Crippen MR) is 89.6 cm³/mol. The van der Waals surface area contributed by atoms with E-state index in [2.05, 4.69) is 37.2 Å². The number of rotatable bonds is 2. The van der Waals surface area contributed by atoms with E-state index >= 15 is 0 Å². The van der Waals surface area contributed by atoms with Crippen molar-refractivity contribution in [3.8, 4) is 0 Å². The second kappa shape index (κ2) is 6.22. The third-order valence-electron chi connectivity index (χ3n) is 2.88. The molecule has 5 nitrogen and oxygen atoms in total. The molecule has 0 unspecified atom stereocenters. The van der Waals surface area contributed by atoms with E-state index in [9.17, 15) is 9.59 Å². The summed E-state index contributed by atoms with van der Waals surface area (Å²) in [6.45, 7) is 4.78. The van der Waals surface area contributed by atoms with Gasteiger partial charge in [-0.3, -0.25) is 0 Å². The van der Waals surface area contributed by atoms with Crippen LogP contribution in [0.15, 0.2) is 26.8 Å². The Morgan fingerprint density at radius 3 is 2.27 bits per heavy atom. The van der Waals surface area contributed by atoms with E-state index in [0.717, 1.165) is 14.5 Å². The number of cyclic esters (lactones) is 2. The first-order valence-electron chi connectivity index (χ1n) is 6.20. The van der Waals surface area contributed by atoms with Gasteiger partial charge in [0.25, 0.3) is 5.79 Å². The fourth-order valence-corrected chi connectivity index (χ4v) is 3.44. The molecule has 1 aromatic carbocycles. The van der Waals surface area contributed by atoms with Gasteiger partial charge in [-0.1, -0.05) is 11.6 Å². The van der Waals surface area contributed by atoms with E-state index in [0.29, 0.717) is 10.7 Å². The number of benzene rings is 1. The molecule has 2 rings (SSSR count). The number of carbonyl (C=O) groups is 2. The second-order valence-corrected chi connectivity index (χ2v) is 7.12. The lowest BCUT2D eigenvalue weighted by molar-refractivity contribution is -0.222. The highest BCUT2D eigenvalue weighted by atomic mass is 79.9. The van der Waals surface area contributed by atoms with Gasteiger partial charge in [0.1, 0.15) is 0 Å². The number of esters is 2. The minimum atomic E-state index is -1.26. The third-order valence-corrected chi connectivity index (χ3v) is 4.85. The molecule has 0 amide bonds. The molecule has 1 aliphatic heterocycles. The molecule has 1 fully saturated rings. The number of hydrogen-bond acceptors (Lipinski definition) is 5. The molecule has 1 saturated heterocycles. The summed E-state index contributed by atoms with van der Waals surface area (Å²) in [7, 11) is 0. The van der Waals surface area contributed by atoms with Gasteiger partial charge in [-0.2, -0.15) is 0 Å². The number of ether oxygens (including phenoxy) is 2. The minimum Gasteiger partial charge on any atom is -0.419 e. The van der Waals surface area contributed by atoms with Crippen LogP contribution in [-0.4, -0.2) is 17.7 Å². The average Bonchev–Trinajstić information content (AvgIpc) is 2.37. The molecular formula is C14H12Br2ClNO4. The minimum absolute atomic E-state index is 0.218. The lowest BCUT2D eigenvalue weighted by Gasteiger charge is -2.29. The number of halogens is 3. The van der Waals surface area contributed by atoms with Crippen molar-refractivity contribution in [1.29, 1.82) is 0 Å². The zero-order valence-electron chi connectivity index (χ0n) is 11.9. The highest BCUT2D eigenvalue weighted by molar-refractivity contribution is 9.11. The molecule has 0 atom stereocenters. The normalized spacial score (nSPS) is 16.9. The SMILES string of the molecule is Cc1c(Cl)c(Br)cc(Br)c1NC=C1C(=O)OC(C)(C)OC1=O. The average molecular weight is 454 g/mol. The van der Waals surface area contributed by atoms with Crippen LogP contribution in [-0.2, 0) is 19.1 Å². The van der Waals surface area contributed by atoms with Gasteiger partial charge in [0.15, 0.2) is 5.57 Å². The predicted octanol–water partition coefficient (Wildman–Crippen LogP) is 4.31. The monoisotopic (exact) mass is 451 g/mol. The van der Waals surface area contributed by atoms with E-state index in [-0.39, 0.29) is 5.57 Å². The summed E-state index contributed by atoms with van der Waals surface area (Å²) >= 11 is 12.9. The maximum atomic E-state index is 11.9. The summed E-state index contributed by atoms with van der Waals surface area (Å²) in [5.74, 6) is -2.75. The summed E-state index contributed by atoms with van der Waals surface area (Å²) in [6.07, 6.45) is 1.25. The third kappa shape index (κ3) is 3.47. The van der Waals surface area contributed by atoms with Crippen LogP contribution in [0.25, 0.3) is 0 Å². The highest BCUT2D eigenvalue weighted by Crippen LogP contribution is 2.37. The molecular weight excluding hydrogens is 441 g/mol. The number of nitrogens with one attached hydrogen (secondary N) is 1. The number of carbonyl (C=O) groups excluding carboxylic acids is 2. The Bertz CT molecular complexity index is 679. The van der Waals surface area contributed by atoms with Gasteiger partial charge in [-0.25, -0.2) is 9.59 Å². The summed E-state index contributed by atoms with van der Waals surface area (Å²) in [5.41, 5.74) is 1.16. The Hall–Kier alpha value is -1.05. The molecule has 1 aliphatic rings. The van der Waals surface area contributed by atoms with Crippen LogP contribution in [0.2, 0.25) is 5.02 Å². The smallest absolute Gasteiger partial charge is 0.350 e. The van der Waals surface area contributed by atoms with Crippen LogP contribution < -0.4 is 5.32 Å². The molecule has 0 radical (unpaired) electrons. The first kappa shape index (κ1) is 17.3. The fraction of sp³-hybridized carbons (Fsp3) is 0.286. The summed E-state index contributed by atoms with van der Waals surface area (Å²) in [4.78, 5) is 23.7. The molecule has 22 heavy (non-hydrogen) atoms. The zero-order chi connectivity index (χ0) is 16.7. The molecule has 118 valence electrons. The molecule has 1 heterocycles. The van der Waals surface area contributed by atoms with Crippen molar-refractivity contribution >= 4 is 61.1 Å². The molecule has 1 aromatic rings. The van der Waals surface area contributed by atoms with Gasteiger partial charge in [-0.05, 0) is 50.4 Å². The first-order valence-corrected chi connectivity index (χ1v) is 8.16. The van der Waals surface area contributed by atoms with Gasteiger partial charge in [0, 0.05) is 29.0 Å². The molecule has 1 N–H and O–H groups in total. The fourth-order valence-electron chi connectivity index (χ4n) is 1.81. The lowest BCUT2D eigenvalue weighted by Crippen LogP contribution is -2.42. The number of anilines is 1. The van der Waals surface area contributed by atoms with Crippen molar-refractivity contribution in [3.63, 3.8) is 0 Å². The maximum Gasteiger partial charge on any atom is 0.350 e. The lowest BCUT2D eigenvalue weighted by atomic mass is 10.2. The van der Waals surface area contributed by atoms with Crippen LogP contribution in [0.5, 0.6) is 0 Å². The maximum absolute atomic E-state index is 11.9. The van der Waals surface area contributed by atoms with Gasteiger partial charge in [-0.15, -0.1) is 0 Å². The Kier molecular flexibility index (Phi) is 4.89. The van der Waals surface area contributed by atoms with Crippen LogP contribution >= 0.6 is 43.5 Å². The quantitative estimate of drug-likeness (QED) is 0.313. The van der Waals surface area contributed by atoms with Crippen LogP contribution in [0, 0.1) is 6.92 Å². The Morgan fingerprint density at radius 2 is 1.73 bits per heavy atom. The standard InChI is InChI=1S/C14H12Br2ClNO4/c1-6-10(17)8(15)4-9(16)11(6)18-5-7-12(19)21-14(2,3)22-13(7)20/h4-5,18H,1-3H3.